The van der Waals surface area contributed by atoms with Crippen molar-refractivity contribution in [2.45, 2.75) is 13.1 Å². The summed E-state index contributed by atoms with van der Waals surface area (Å²) in [6.45, 7) is -0.124. The van der Waals surface area contributed by atoms with E-state index < -0.39 is 34.6 Å². The van der Waals surface area contributed by atoms with Gasteiger partial charge in [-0.25, -0.2) is 4.79 Å². The van der Waals surface area contributed by atoms with Crippen LogP contribution in [0.2, 0.25) is 0 Å². The average molecular weight is 359 g/mol. The summed E-state index contributed by atoms with van der Waals surface area (Å²) >= 11 is 0. The lowest BCUT2D eigenvalue weighted by atomic mass is 10.2. The van der Waals surface area contributed by atoms with Crippen LogP contribution in [-0.4, -0.2) is 40.4 Å². The summed E-state index contributed by atoms with van der Waals surface area (Å²) in [6.07, 6.45) is 1.08. The van der Waals surface area contributed by atoms with Gasteiger partial charge in [0.2, 0.25) is 5.91 Å². The lowest BCUT2D eigenvalue weighted by Crippen LogP contribution is -2.34. The smallest absolute Gasteiger partial charge is 0.339 e. The Labute approximate surface area is 148 Å². The third-order valence-corrected chi connectivity index (χ3v) is 3.68. The van der Waals surface area contributed by atoms with Crippen LogP contribution in [0.4, 0.5) is 5.69 Å². The Morgan fingerprint density at radius 1 is 1.27 bits per heavy atom. The van der Waals surface area contributed by atoms with Gasteiger partial charge < -0.3 is 9.64 Å². The number of hydrogen-bond acceptors (Lipinski definition) is 6. The number of ether oxygens (including phenoxy) is 1. The average Bonchev–Trinajstić information content (AvgIpc) is 2.63. The fraction of sp³-hybridized carbons (Fsp3) is 0.235. The highest BCUT2D eigenvalue weighted by atomic mass is 16.6. The number of carbonyl (C=O) groups is 2. The molecular formula is C17H17N3O6. The van der Waals surface area contributed by atoms with Crippen molar-refractivity contribution < 1.29 is 19.2 Å². The van der Waals surface area contributed by atoms with Crippen molar-refractivity contribution in [1.29, 1.82) is 0 Å². The lowest BCUT2D eigenvalue weighted by Gasteiger charge is -2.18. The Morgan fingerprint density at radius 2 is 1.92 bits per heavy atom. The van der Waals surface area contributed by atoms with Gasteiger partial charge in [-0.1, -0.05) is 30.3 Å². The second kappa shape index (κ2) is 8.06. The number of methoxy groups -OCH3 is 1. The third-order valence-electron chi connectivity index (χ3n) is 3.68. The minimum atomic E-state index is -0.968. The Bertz CT molecular complexity index is 891. The van der Waals surface area contributed by atoms with Crippen LogP contribution >= 0.6 is 0 Å². The normalized spacial score (nSPS) is 10.2. The quantitative estimate of drug-likeness (QED) is 0.435. The molecule has 0 aliphatic carbocycles. The van der Waals surface area contributed by atoms with Crippen LogP contribution < -0.4 is 5.56 Å². The summed E-state index contributed by atoms with van der Waals surface area (Å²) in [6, 6.07) is 10.0. The molecule has 0 aliphatic heterocycles. The van der Waals surface area contributed by atoms with E-state index in [1.54, 1.807) is 7.05 Å². The molecular weight excluding hydrogens is 342 g/mol. The summed E-state index contributed by atoms with van der Waals surface area (Å²) < 4.78 is 5.37. The first-order chi connectivity index (χ1) is 12.3. The third kappa shape index (κ3) is 4.32. The summed E-state index contributed by atoms with van der Waals surface area (Å²) in [4.78, 5) is 47.8. The molecule has 2 aromatic rings. The molecule has 0 N–H and O–H groups in total. The van der Waals surface area contributed by atoms with Crippen LogP contribution in [0.25, 0.3) is 0 Å². The first-order valence-corrected chi connectivity index (χ1v) is 7.58. The molecule has 0 aliphatic rings. The van der Waals surface area contributed by atoms with Crippen molar-refractivity contribution in [3.05, 3.63) is 74.2 Å². The molecule has 0 saturated carbocycles. The Kier molecular flexibility index (Phi) is 5.84. The Balaban J connectivity index is 2.28. The molecule has 0 atom stereocenters. The summed E-state index contributed by atoms with van der Waals surface area (Å²) in [5, 5.41) is 11.0. The van der Waals surface area contributed by atoms with E-state index >= 15 is 0 Å². The molecule has 0 radical (unpaired) electrons. The number of amides is 1. The highest BCUT2D eigenvalue weighted by Gasteiger charge is 2.22. The molecule has 9 nitrogen and oxygen atoms in total. The predicted molar refractivity (Wildman–Crippen MR) is 91.6 cm³/mol. The largest absolute Gasteiger partial charge is 0.465 e. The maximum absolute atomic E-state index is 12.4. The standard InChI is InChI=1S/C17H17N3O6/c1-18(9-12-6-4-3-5-7-12)15(21)11-19-10-13(17(23)26-2)8-14(16(19)22)20(24)25/h3-8,10H,9,11H2,1-2H3. The molecule has 26 heavy (non-hydrogen) atoms. The second-order valence-electron chi connectivity index (χ2n) is 5.53. The molecule has 2 rings (SSSR count). The number of esters is 1. The first kappa shape index (κ1) is 18.8. The molecule has 0 bridgehead atoms. The number of hydrogen-bond donors (Lipinski definition) is 0. The maximum Gasteiger partial charge on any atom is 0.339 e. The van der Waals surface area contributed by atoms with Crippen molar-refractivity contribution in [2.24, 2.45) is 0 Å². The predicted octanol–water partition coefficient (Wildman–Crippen LogP) is 1.20. The van der Waals surface area contributed by atoms with E-state index in [2.05, 4.69) is 4.74 Å². The number of nitro groups is 1. The van der Waals surface area contributed by atoms with E-state index in [1.165, 1.54) is 4.90 Å². The summed E-state index contributed by atoms with van der Waals surface area (Å²) in [5.41, 5.74) is -1.06. The second-order valence-corrected chi connectivity index (χ2v) is 5.53. The number of carbonyl (C=O) groups excluding carboxylic acids is 2. The van der Waals surface area contributed by atoms with Crippen LogP contribution in [-0.2, 0) is 22.6 Å². The van der Waals surface area contributed by atoms with Gasteiger partial charge in [-0.2, -0.15) is 0 Å². The van der Waals surface area contributed by atoms with Gasteiger partial charge >= 0.3 is 17.2 Å². The number of nitrogens with zero attached hydrogens (tertiary/aromatic N) is 3. The molecule has 136 valence electrons. The monoisotopic (exact) mass is 359 g/mol. The fourth-order valence-electron chi connectivity index (χ4n) is 2.31. The van der Waals surface area contributed by atoms with Gasteiger partial charge in [0, 0.05) is 25.9 Å². The van der Waals surface area contributed by atoms with Crippen molar-refractivity contribution in [2.75, 3.05) is 14.2 Å². The van der Waals surface area contributed by atoms with Crippen LogP contribution in [0.3, 0.4) is 0 Å². The molecule has 0 fully saturated rings. The number of likely N-dealkylation sites (N-methyl/N-ethyl adjacent to an activating group) is 1. The Morgan fingerprint density at radius 3 is 2.50 bits per heavy atom. The maximum atomic E-state index is 12.4. The van der Waals surface area contributed by atoms with Crippen LogP contribution in [0.5, 0.6) is 0 Å². The molecule has 1 aromatic heterocycles. The lowest BCUT2D eigenvalue weighted by molar-refractivity contribution is -0.386. The van der Waals surface area contributed by atoms with Crippen LogP contribution in [0.1, 0.15) is 15.9 Å². The van der Waals surface area contributed by atoms with E-state index in [4.69, 9.17) is 0 Å². The molecule has 1 aromatic carbocycles. The molecule has 1 amide bonds. The molecule has 0 spiro atoms. The fourth-order valence-corrected chi connectivity index (χ4v) is 2.31. The number of rotatable bonds is 6. The molecule has 1 heterocycles. The zero-order valence-electron chi connectivity index (χ0n) is 14.2. The van der Waals surface area contributed by atoms with Gasteiger partial charge in [0.15, 0.2) is 0 Å². The molecule has 0 saturated heterocycles. The minimum absolute atomic E-state index is 0.183. The SMILES string of the molecule is COC(=O)c1cc([N+](=O)[O-])c(=O)n(CC(=O)N(C)Cc2ccccc2)c1. The molecule has 0 unspecified atom stereocenters. The van der Waals surface area contributed by atoms with E-state index in [0.717, 1.165) is 29.5 Å². The van der Waals surface area contributed by atoms with Crippen LogP contribution in [0, 0.1) is 10.1 Å². The van der Waals surface area contributed by atoms with E-state index in [-0.39, 0.29) is 5.56 Å². The number of aromatic nitrogens is 1. The van der Waals surface area contributed by atoms with Gasteiger partial charge in [-0.3, -0.25) is 24.3 Å². The van der Waals surface area contributed by atoms with Crippen LogP contribution in [0.15, 0.2) is 47.4 Å². The van der Waals surface area contributed by atoms with Crippen molar-refractivity contribution in [3.63, 3.8) is 0 Å². The summed E-state index contributed by atoms with van der Waals surface area (Å²) in [5.74, 6) is -1.28. The first-order valence-electron chi connectivity index (χ1n) is 7.58. The van der Waals surface area contributed by atoms with Gasteiger partial charge in [0.25, 0.3) is 0 Å². The van der Waals surface area contributed by atoms with Gasteiger partial charge in [-0.05, 0) is 5.56 Å². The van der Waals surface area contributed by atoms with E-state index in [9.17, 15) is 24.5 Å². The zero-order chi connectivity index (χ0) is 19.3. The van der Waals surface area contributed by atoms with Gasteiger partial charge in [0.05, 0.1) is 17.6 Å². The number of benzene rings is 1. The van der Waals surface area contributed by atoms with Gasteiger partial charge in [0.1, 0.15) is 6.54 Å². The van der Waals surface area contributed by atoms with E-state index in [0.29, 0.717) is 6.54 Å². The summed E-state index contributed by atoms with van der Waals surface area (Å²) in [7, 11) is 2.67. The van der Waals surface area contributed by atoms with Crippen molar-refractivity contribution in [1.82, 2.24) is 9.47 Å². The minimum Gasteiger partial charge on any atom is -0.465 e. The topological polar surface area (TPSA) is 112 Å². The number of pyridine rings is 1. The van der Waals surface area contributed by atoms with E-state index in [1.807, 2.05) is 30.3 Å². The van der Waals surface area contributed by atoms with Crippen molar-refractivity contribution >= 4 is 17.6 Å². The van der Waals surface area contributed by atoms with Gasteiger partial charge in [-0.15, -0.1) is 0 Å². The highest BCUT2D eigenvalue weighted by Crippen LogP contribution is 2.10. The highest BCUT2D eigenvalue weighted by molar-refractivity contribution is 5.89. The van der Waals surface area contributed by atoms with Crippen molar-refractivity contribution in [3.8, 4) is 0 Å². The zero-order valence-corrected chi connectivity index (χ0v) is 14.2. The molecule has 9 heteroatoms. The Hall–Kier alpha value is -3.49.